The fourth-order valence-electron chi connectivity index (χ4n) is 3.38. The van der Waals surface area contributed by atoms with Crippen LogP contribution in [0.15, 0.2) is 47.4 Å². The first-order chi connectivity index (χ1) is 14.7. The van der Waals surface area contributed by atoms with Crippen molar-refractivity contribution in [2.24, 2.45) is 0 Å². The summed E-state index contributed by atoms with van der Waals surface area (Å²) < 4.78 is 41.2. The molecule has 0 saturated carbocycles. The third-order valence-electron chi connectivity index (χ3n) is 5.20. The highest BCUT2D eigenvalue weighted by atomic mass is 35.5. The van der Waals surface area contributed by atoms with Gasteiger partial charge in [0.1, 0.15) is 5.82 Å². The zero-order chi connectivity index (χ0) is 22.6. The number of nitrogens with zero attached hydrogens (tertiary/aromatic N) is 2. The molecule has 168 valence electrons. The summed E-state index contributed by atoms with van der Waals surface area (Å²) in [6.07, 6.45) is 0.763. The van der Waals surface area contributed by atoms with Crippen molar-refractivity contribution in [3.63, 3.8) is 0 Å². The van der Waals surface area contributed by atoms with Crippen molar-refractivity contribution in [3.05, 3.63) is 58.9 Å². The molecule has 1 heterocycles. The largest absolute Gasteiger partial charge is 0.331 e. The Hall–Kier alpha value is -2.20. The number of rotatable bonds is 5. The average molecular weight is 469 g/mol. The molecule has 0 spiro atoms. The summed E-state index contributed by atoms with van der Waals surface area (Å²) in [7, 11) is -1.69. The summed E-state index contributed by atoms with van der Waals surface area (Å²) in [6, 6.07) is 9.47. The van der Waals surface area contributed by atoms with E-state index in [4.69, 9.17) is 11.6 Å². The van der Waals surface area contributed by atoms with Crippen LogP contribution in [0.2, 0.25) is 5.02 Å². The van der Waals surface area contributed by atoms with E-state index in [0.717, 1.165) is 13.0 Å². The Bertz CT molecular complexity index is 1050. The van der Waals surface area contributed by atoms with Gasteiger partial charge in [-0.25, -0.2) is 17.6 Å². The number of nitrogens with one attached hydrogen (secondary N) is 2. The van der Waals surface area contributed by atoms with Gasteiger partial charge in [-0.05, 0) is 62.8 Å². The van der Waals surface area contributed by atoms with E-state index in [1.54, 1.807) is 25.1 Å². The number of sulfonamides is 1. The Kier molecular flexibility index (Phi) is 7.53. The third kappa shape index (κ3) is 5.94. The first-order valence-electron chi connectivity index (χ1n) is 9.98. The Labute approximate surface area is 187 Å². The van der Waals surface area contributed by atoms with Crippen molar-refractivity contribution in [3.8, 4) is 0 Å². The molecule has 3 rings (SSSR count). The zero-order valence-corrected chi connectivity index (χ0v) is 19.0. The second kappa shape index (κ2) is 9.95. The molecule has 1 unspecified atom stereocenters. The summed E-state index contributed by atoms with van der Waals surface area (Å²) in [5, 5.41) is 5.35. The van der Waals surface area contributed by atoms with Crippen LogP contribution in [0.4, 0.5) is 14.9 Å². The van der Waals surface area contributed by atoms with Gasteiger partial charge in [-0.15, -0.1) is 0 Å². The van der Waals surface area contributed by atoms with Crippen molar-refractivity contribution in [1.29, 1.82) is 0 Å². The maximum Gasteiger partial charge on any atom is 0.319 e. The van der Waals surface area contributed by atoms with Crippen LogP contribution < -0.4 is 10.6 Å². The lowest BCUT2D eigenvalue weighted by Crippen LogP contribution is -2.34. The zero-order valence-electron chi connectivity index (χ0n) is 17.4. The molecule has 0 aromatic heterocycles. The highest BCUT2D eigenvalue weighted by molar-refractivity contribution is 7.89. The predicted octanol–water partition coefficient (Wildman–Crippen LogP) is 3.69. The minimum atomic E-state index is -3.66. The molecule has 1 fully saturated rings. The predicted molar refractivity (Wildman–Crippen MR) is 119 cm³/mol. The second-order valence-corrected chi connectivity index (χ2v) is 9.93. The number of halogens is 2. The summed E-state index contributed by atoms with van der Waals surface area (Å²) in [6.45, 7) is 4.11. The van der Waals surface area contributed by atoms with Gasteiger partial charge < -0.3 is 15.5 Å². The van der Waals surface area contributed by atoms with Gasteiger partial charge in [0.15, 0.2) is 0 Å². The van der Waals surface area contributed by atoms with E-state index in [1.807, 2.05) is 7.05 Å². The first kappa shape index (κ1) is 23.5. The van der Waals surface area contributed by atoms with Crippen LogP contribution in [-0.4, -0.2) is 56.9 Å². The van der Waals surface area contributed by atoms with Gasteiger partial charge in [0.25, 0.3) is 0 Å². The third-order valence-corrected chi connectivity index (χ3v) is 7.40. The summed E-state index contributed by atoms with van der Waals surface area (Å²) in [5.41, 5.74) is 0.902. The molecule has 2 N–H and O–H groups in total. The molecule has 1 aliphatic rings. The molecule has 31 heavy (non-hydrogen) atoms. The molecule has 10 heteroatoms. The molecule has 1 atom stereocenters. The minimum Gasteiger partial charge on any atom is -0.331 e. The van der Waals surface area contributed by atoms with Crippen molar-refractivity contribution < 1.29 is 17.6 Å². The molecule has 0 aliphatic carbocycles. The number of likely N-dealkylation sites (N-methyl/N-ethyl adjacent to an activating group) is 1. The molecule has 2 aromatic rings. The number of hydrogen-bond acceptors (Lipinski definition) is 4. The van der Waals surface area contributed by atoms with E-state index in [2.05, 4.69) is 15.5 Å². The van der Waals surface area contributed by atoms with E-state index in [1.165, 1.54) is 28.6 Å². The number of carbonyl (C=O) groups is 1. The number of benzene rings is 2. The molecule has 2 amide bonds. The molecule has 1 saturated heterocycles. The van der Waals surface area contributed by atoms with Crippen LogP contribution in [0.3, 0.4) is 0 Å². The lowest BCUT2D eigenvalue weighted by molar-refractivity contribution is 0.249. The van der Waals surface area contributed by atoms with Crippen molar-refractivity contribution in [2.45, 2.75) is 24.3 Å². The Morgan fingerprint density at radius 2 is 1.90 bits per heavy atom. The van der Waals surface area contributed by atoms with E-state index in [-0.39, 0.29) is 9.92 Å². The van der Waals surface area contributed by atoms with Crippen molar-refractivity contribution >= 4 is 33.3 Å². The van der Waals surface area contributed by atoms with Crippen LogP contribution in [0.5, 0.6) is 0 Å². The second-order valence-electron chi connectivity index (χ2n) is 7.58. The maximum atomic E-state index is 13.7. The lowest BCUT2D eigenvalue weighted by atomic mass is 10.1. The van der Waals surface area contributed by atoms with Gasteiger partial charge in [-0.1, -0.05) is 23.7 Å². The number of urea groups is 1. The van der Waals surface area contributed by atoms with Crippen LogP contribution in [-0.2, 0) is 10.0 Å². The highest BCUT2D eigenvalue weighted by Crippen LogP contribution is 2.22. The molecule has 7 nitrogen and oxygen atoms in total. The summed E-state index contributed by atoms with van der Waals surface area (Å²) in [5.74, 6) is -0.564. The van der Waals surface area contributed by atoms with Crippen LogP contribution in [0.25, 0.3) is 0 Å². The average Bonchev–Trinajstić information content (AvgIpc) is 2.95. The van der Waals surface area contributed by atoms with Gasteiger partial charge in [0.2, 0.25) is 10.0 Å². The van der Waals surface area contributed by atoms with Gasteiger partial charge in [-0.2, -0.15) is 4.31 Å². The summed E-state index contributed by atoms with van der Waals surface area (Å²) in [4.78, 5) is 14.6. The number of carbonyl (C=O) groups excluding carboxylic acids is 1. The van der Waals surface area contributed by atoms with Crippen LogP contribution in [0, 0.1) is 5.82 Å². The van der Waals surface area contributed by atoms with Crippen LogP contribution >= 0.6 is 11.6 Å². The van der Waals surface area contributed by atoms with E-state index >= 15 is 0 Å². The Morgan fingerprint density at radius 3 is 2.65 bits per heavy atom. The maximum absolute atomic E-state index is 13.7. The van der Waals surface area contributed by atoms with E-state index in [0.29, 0.717) is 30.9 Å². The molecule has 1 aliphatic heterocycles. The van der Waals surface area contributed by atoms with Crippen LogP contribution in [0.1, 0.15) is 24.9 Å². The SMILES string of the molecule is CC(NC(=O)Nc1cccc(S(=O)(=O)N2CCCN(C)CC2)c1)c1ccc(Cl)c(F)c1. The van der Waals surface area contributed by atoms with E-state index in [9.17, 15) is 17.6 Å². The summed E-state index contributed by atoms with van der Waals surface area (Å²) >= 11 is 5.69. The molecule has 2 aromatic carbocycles. The first-order valence-corrected chi connectivity index (χ1v) is 11.8. The van der Waals surface area contributed by atoms with Gasteiger partial charge in [0.05, 0.1) is 16.0 Å². The van der Waals surface area contributed by atoms with Gasteiger partial charge >= 0.3 is 6.03 Å². The lowest BCUT2D eigenvalue weighted by Gasteiger charge is -2.21. The van der Waals surface area contributed by atoms with Crippen molar-refractivity contribution in [2.75, 3.05) is 38.5 Å². The van der Waals surface area contributed by atoms with Gasteiger partial charge in [0, 0.05) is 25.3 Å². The monoisotopic (exact) mass is 468 g/mol. The topological polar surface area (TPSA) is 81.8 Å². The normalized spacial score (nSPS) is 17.0. The number of anilines is 1. The molecule has 0 bridgehead atoms. The molecular formula is C21H26ClFN4O3S. The fraction of sp³-hybridized carbons (Fsp3) is 0.381. The highest BCUT2D eigenvalue weighted by Gasteiger charge is 2.26. The Balaban J connectivity index is 1.68. The Morgan fingerprint density at radius 1 is 1.13 bits per heavy atom. The molecular weight excluding hydrogens is 443 g/mol. The van der Waals surface area contributed by atoms with E-state index < -0.39 is 27.9 Å². The number of amides is 2. The quantitative estimate of drug-likeness (QED) is 0.701. The standard InChI is InChI=1S/C21H26ClFN4O3S/c1-15(16-7-8-19(22)20(23)13-16)24-21(28)25-17-5-3-6-18(14-17)31(29,30)27-10-4-9-26(2)11-12-27/h3,5-8,13-15H,4,9-12H2,1-2H3,(H2,24,25,28). The fourth-order valence-corrected chi connectivity index (χ4v) is 5.01. The smallest absolute Gasteiger partial charge is 0.319 e. The number of hydrogen-bond donors (Lipinski definition) is 2. The van der Waals surface area contributed by atoms with Gasteiger partial charge in [-0.3, -0.25) is 0 Å². The molecule has 0 radical (unpaired) electrons. The minimum absolute atomic E-state index is 0.00878. The van der Waals surface area contributed by atoms with Crippen molar-refractivity contribution in [1.82, 2.24) is 14.5 Å².